The van der Waals surface area contributed by atoms with Gasteiger partial charge in [0.1, 0.15) is 17.5 Å². The van der Waals surface area contributed by atoms with E-state index in [2.05, 4.69) is 33.8 Å². The summed E-state index contributed by atoms with van der Waals surface area (Å²) in [4.78, 5) is 21.5. The topological polar surface area (TPSA) is 60.2 Å². The maximum Gasteiger partial charge on any atom is 0.172 e. The van der Waals surface area contributed by atoms with Crippen LogP contribution in [0.4, 0.5) is 5.82 Å². The van der Waals surface area contributed by atoms with E-state index in [9.17, 15) is 10.1 Å². The lowest BCUT2D eigenvalue weighted by Crippen LogP contribution is -2.45. The lowest BCUT2D eigenvalue weighted by atomic mass is 9.63. The summed E-state index contributed by atoms with van der Waals surface area (Å²) in [6.45, 7) is 9.64. The van der Waals surface area contributed by atoms with Gasteiger partial charge in [-0.2, -0.15) is 5.26 Å². The van der Waals surface area contributed by atoms with Crippen LogP contribution >= 0.6 is 0 Å². The highest BCUT2D eigenvalue weighted by Gasteiger charge is 2.40. The highest BCUT2D eigenvalue weighted by Crippen LogP contribution is 2.50. The molecule has 1 spiro atoms. The summed E-state index contributed by atoms with van der Waals surface area (Å²) in [5.41, 5.74) is 3.63. The zero-order chi connectivity index (χ0) is 19.9. The molecule has 1 aliphatic carbocycles. The molecular weight excluding hydrogens is 348 g/mol. The first kappa shape index (κ1) is 19.0. The van der Waals surface area contributed by atoms with Crippen LogP contribution in [0.25, 0.3) is 5.70 Å². The van der Waals surface area contributed by atoms with Gasteiger partial charge in [0.25, 0.3) is 0 Å². The van der Waals surface area contributed by atoms with Crippen LogP contribution in [0.1, 0.15) is 57.1 Å². The van der Waals surface area contributed by atoms with E-state index >= 15 is 0 Å². The van der Waals surface area contributed by atoms with E-state index in [1.165, 1.54) is 26.2 Å². The van der Waals surface area contributed by atoms with Crippen molar-refractivity contribution in [2.75, 3.05) is 31.1 Å². The van der Waals surface area contributed by atoms with Crippen LogP contribution in [0, 0.1) is 29.6 Å². The number of rotatable bonds is 4. The third kappa shape index (κ3) is 3.30. The Hall–Kier alpha value is -2.35. The minimum absolute atomic E-state index is 0.156. The van der Waals surface area contributed by atoms with Crippen LogP contribution in [0.15, 0.2) is 17.8 Å². The number of carbonyl (C=O) groups excluding carboxylic acids is 1. The van der Waals surface area contributed by atoms with E-state index in [1.807, 2.05) is 13.1 Å². The fourth-order valence-corrected chi connectivity index (χ4v) is 4.97. The molecule has 2 saturated heterocycles. The van der Waals surface area contributed by atoms with Gasteiger partial charge in [-0.15, -0.1) is 0 Å². The summed E-state index contributed by atoms with van der Waals surface area (Å²) in [7, 11) is 0. The molecule has 28 heavy (non-hydrogen) atoms. The minimum Gasteiger partial charge on any atom is -0.370 e. The quantitative estimate of drug-likeness (QED) is 0.587. The number of aromatic nitrogens is 1. The SMILES string of the molecule is CC(=O)/C(C#N)=C(\c1cc(N2CC(C)C2)ncc1C)N1CCC2(CCC2)CC1. The summed E-state index contributed by atoms with van der Waals surface area (Å²) in [6.07, 6.45) is 8.23. The molecule has 148 valence electrons. The van der Waals surface area contributed by atoms with Crippen molar-refractivity contribution in [1.29, 1.82) is 5.26 Å². The van der Waals surface area contributed by atoms with Crippen molar-refractivity contribution in [2.24, 2.45) is 11.3 Å². The number of Topliss-reactive ketones (excluding diaryl/α,β-unsaturated/α-hetero) is 1. The number of hydrogen-bond acceptors (Lipinski definition) is 5. The molecular formula is C23H30N4O. The molecule has 5 heteroatoms. The molecule has 3 fully saturated rings. The number of hydrogen-bond donors (Lipinski definition) is 0. The van der Waals surface area contributed by atoms with Crippen molar-refractivity contribution < 1.29 is 4.79 Å². The van der Waals surface area contributed by atoms with Gasteiger partial charge in [0.15, 0.2) is 5.78 Å². The van der Waals surface area contributed by atoms with E-state index in [4.69, 9.17) is 0 Å². The Morgan fingerprint density at radius 1 is 1.25 bits per heavy atom. The van der Waals surface area contributed by atoms with Crippen molar-refractivity contribution in [1.82, 2.24) is 9.88 Å². The second-order valence-corrected chi connectivity index (χ2v) is 9.10. The average Bonchev–Trinajstić information content (AvgIpc) is 2.63. The fourth-order valence-electron chi connectivity index (χ4n) is 4.97. The molecule has 1 aromatic rings. The number of allylic oxidation sites excluding steroid dienone is 1. The number of carbonyl (C=O) groups is 1. The smallest absolute Gasteiger partial charge is 0.172 e. The summed E-state index contributed by atoms with van der Waals surface area (Å²) in [5, 5.41) is 9.80. The van der Waals surface area contributed by atoms with Gasteiger partial charge in [0.2, 0.25) is 0 Å². The molecule has 0 atom stereocenters. The Labute approximate surface area is 168 Å². The number of pyridine rings is 1. The van der Waals surface area contributed by atoms with Gasteiger partial charge in [-0.1, -0.05) is 13.3 Å². The predicted octanol–water partition coefficient (Wildman–Crippen LogP) is 3.94. The van der Waals surface area contributed by atoms with Crippen LogP contribution in [0.3, 0.4) is 0 Å². The van der Waals surface area contributed by atoms with Gasteiger partial charge in [-0.3, -0.25) is 4.79 Å². The van der Waals surface area contributed by atoms with Gasteiger partial charge in [0, 0.05) is 37.9 Å². The average molecular weight is 379 g/mol. The Morgan fingerprint density at radius 3 is 2.43 bits per heavy atom. The Bertz CT molecular complexity index is 846. The summed E-state index contributed by atoms with van der Waals surface area (Å²) >= 11 is 0. The summed E-state index contributed by atoms with van der Waals surface area (Å²) in [5.74, 6) is 1.48. The van der Waals surface area contributed by atoms with Crippen LogP contribution in [0.2, 0.25) is 0 Å². The zero-order valence-electron chi connectivity index (χ0n) is 17.3. The molecule has 2 aliphatic heterocycles. The van der Waals surface area contributed by atoms with Crippen molar-refractivity contribution in [3.63, 3.8) is 0 Å². The monoisotopic (exact) mass is 378 g/mol. The Morgan fingerprint density at radius 2 is 1.93 bits per heavy atom. The van der Waals surface area contributed by atoms with Gasteiger partial charge in [-0.25, -0.2) is 4.98 Å². The molecule has 5 nitrogen and oxygen atoms in total. The molecule has 0 unspecified atom stereocenters. The highest BCUT2D eigenvalue weighted by molar-refractivity contribution is 6.04. The van der Waals surface area contributed by atoms with Crippen molar-refractivity contribution in [3.05, 3.63) is 29.0 Å². The van der Waals surface area contributed by atoms with Crippen molar-refractivity contribution >= 4 is 17.3 Å². The van der Waals surface area contributed by atoms with Crippen molar-refractivity contribution in [2.45, 2.75) is 52.9 Å². The first-order valence-corrected chi connectivity index (χ1v) is 10.5. The van der Waals surface area contributed by atoms with E-state index in [-0.39, 0.29) is 11.4 Å². The number of likely N-dealkylation sites (tertiary alicyclic amines) is 1. The van der Waals surface area contributed by atoms with E-state index < -0.39 is 0 Å². The lowest BCUT2D eigenvalue weighted by molar-refractivity contribution is -0.113. The number of anilines is 1. The maximum atomic E-state index is 12.3. The van der Waals surface area contributed by atoms with Gasteiger partial charge in [0.05, 0.1) is 5.70 Å². The van der Waals surface area contributed by atoms with Crippen LogP contribution < -0.4 is 4.90 Å². The molecule has 3 aliphatic rings. The third-order valence-corrected chi connectivity index (χ3v) is 6.99. The van der Waals surface area contributed by atoms with Crippen molar-refractivity contribution in [3.8, 4) is 6.07 Å². The second-order valence-electron chi connectivity index (χ2n) is 9.10. The van der Waals surface area contributed by atoms with Crippen LogP contribution in [-0.2, 0) is 4.79 Å². The molecule has 0 bridgehead atoms. The van der Waals surface area contributed by atoms with E-state index in [0.29, 0.717) is 11.3 Å². The number of nitriles is 1. The fraction of sp³-hybridized carbons (Fsp3) is 0.609. The molecule has 0 amide bonds. The van der Waals surface area contributed by atoms with Crippen LogP contribution in [-0.4, -0.2) is 41.8 Å². The highest BCUT2D eigenvalue weighted by atomic mass is 16.1. The van der Waals surface area contributed by atoms with Gasteiger partial charge in [-0.05, 0) is 62.5 Å². The molecule has 4 rings (SSSR count). The predicted molar refractivity (Wildman–Crippen MR) is 111 cm³/mol. The van der Waals surface area contributed by atoms with Gasteiger partial charge < -0.3 is 9.80 Å². The molecule has 0 N–H and O–H groups in total. The first-order chi connectivity index (χ1) is 13.4. The largest absolute Gasteiger partial charge is 0.370 e. The molecule has 1 aromatic heterocycles. The summed E-state index contributed by atoms with van der Waals surface area (Å²) < 4.78 is 0. The summed E-state index contributed by atoms with van der Waals surface area (Å²) in [6, 6.07) is 4.30. The Balaban J connectivity index is 1.71. The Kier molecular flexibility index (Phi) is 4.91. The van der Waals surface area contributed by atoms with Crippen LogP contribution in [0.5, 0.6) is 0 Å². The van der Waals surface area contributed by atoms with E-state index in [1.54, 1.807) is 0 Å². The molecule has 0 aromatic carbocycles. The lowest BCUT2D eigenvalue weighted by Gasteiger charge is -2.49. The standard InChI is InChI=1S/C23H30N4O/c1-16-14-27(15-16)21-11-19(17(2)13-25-21)22(20(12-24)18(3)28)26-9-7-23(8-10-26)5-4-6-23/h11,13,16H,4-10,14-15H2,1-3H3/b22-20+. The number of piperidine rings is 1. The molecule has 0 radical (unpaired) electrons. The number of ketones is 1. The first-order valence-electron chi connectivity index (χ1n) is 10.5. The zero-order valence-corrected chi connectivity index (χ0v) is 17.3. The molecule has 1 saturated carbocycles. The minimum atomic E-state index is -0.156. The molecule has 3 heterocycles. The second kappa shape index (κ2) is 7.24. The maximum absolute atomic E-state index is 12.3. The normalized spacial score (nSPS) is 22.2. The third-order valence-electron chi connectivity index (χ3n) is 6.99. The number of aryl methyl sites for hydroxylation is 1. The number of nitrogens with zero attached hydrogens (tertiary/aromatic N) is 4. The van der Waals surface area contributed by atoms with E-state index in [0.717, 1.165) is 61.7 Å². The van der Waals surface area contributed by atoms with Gasteiger partial charge >= 0.3 is 0 Å².